The Morgan fingerprint density at radius 1 is 0.938 bits per heavy atom. The second-order valence-electron chi connectivity index (χ2n) is 6.61. The highest BCUT2D eigenvalue weighted by atomic mass is 16.5. The number of esters is 1. The number of amidine groups is 1. The van der Waals surface area contributed by atoms with Crippen LogP contribution in [0.4, 0.5) is 0 Å². The Labute approximate surface area is 184 Å². The average molecular weight is 438 g/mol. The van der Waals surface area contributed by atoms with Gasteiger partial charge in [-0.05, 0) is 19.1 Å². The third-order valence-electron chi connectivity index (χ3n) is 4.75. The maximum atomic E-state index is 13.0. The van der Waals surface area contributed by atoms with Crippen molar-refractivity contribution in [2.45, 2.75) is 6.92 Å². The van der Waals surface area contributed by atoms with Crippen molar-refractivity contribution in [2.24, 2.45) is 9.98 Å². The van der Waals surface area contributed by atoms with Crippen LogP contribution in [0.3, 0.4) is 0 Å². The Hall–Kier alpha value is -4.14. The third-order valence-corrected chi connectivity index (χ3v) is 4.75. The number of ether oxygens (including phenoxy) is 4. The third kappa shape index (κ3) is 4.04. The number of benzene rings is 2. The van der Waals surface area contributed by atoms with E-state index in [1.807, 2.05) is 0 Å². The molecule has 3 rings (SSSR count). The van der Waals surface area contributed by atoms with Crippen LogP contribution in [0.5, 0.6) is 17.2 Å². The van der Waals surface area contributed by atoms with Gasteiger partial charge in [0.15, 0.2) is 17.3 Å². The largest absolute Gasteiger partial charge is 0.512 e. The van der Waals surface area contributed by atoms with E-state index in [4.69, 9.17) is 18.9 Å². The first-order valence-electron chi connectivity index (χ1n) is 9.46. The summed E-state index contributed by atoms with van der Waals surface area (Å²) < 4.78 is 20.6. The maximum absolute atomic E-state index is 13.0. The average Bonchev–Trinajstić information content (AvgIpc) is 3.15. The Morgan fingerprint density at radius 2 is 1.53 bits per heavy atom. The van der Waals surface area contributed by atoms with E-state index in [9.17, 15) is 14.7 Å². The molecule has 1 aliphatic heterocycles. The molecular weight excluding hydrogens is 416 g/mol. The molecule has 0 unspecified atom stereocenters. The molecular formula is C23H22N2O7. The molecule has 1 heterocycles. The van der Waals surface area contributed by atoms with E-state index in [1.165, 1.54) is 47.5 Å². The molecule has 0 spiro atoms. The van der Waals surface area contributed by atoms with Crippen molar-refractivity contribution in [3.05, 3.63) is 64.4 Å². The highest BCUT2D eigenvalue weighted by molar-refractivity contribution is 6.36. The van der Waals surface area contributed by atoms with Crippen molar-refractivity contribution in [2.75, 3.05) is 28.4 Å². The second kappa shape index (κ2) is 9.34. The number of rotatable bonds is 6. The predicted molar refractivity (Wildman–Crippen MR) is 117 cm³/mol. The summed E-state index contributed by atoms with van der Waals surface area (Å²) in [6, 6.07) is 9.90. The smallest absolute Gasteiger partial charge is 0.343 e. The molecule has 1 N–H and O–H groups in total. The van der Waals surface area contributed by atoms with Crippen LogP contribution >= 0.6 is 0 Å². The Morgan fingerprint density at radius 3 is 2.03 bits per heavy atom. The fourth-order valence-corrected chi connectivity index (χ4v) is 3.27. The number of allylic oxidation sites excluding steroid dienone is 1. The minimum atomic E-state index is -0.754. The van der Waals surface area contributed by atoms with E-state index in [2.05, 4.69) is 9.98 Å². The fourth-order valence-electron chi connectivity index (χ4n) is 3.27. The number of nitrogens with zero attached hydrogens (tertiary/aromatic N) is 2. The van der Waals surface area contributed by atoms with Crippen molar-refractivity contribution >= 4 is 23.4 Å². The van der Waals surface area contributed by atoms with Crippen LogP contribution in [-0.4, -0.2) is 57.0 Å². The minimum Gasteiger partial charge on any atom is -0.512 e. The van der Waals surface area contributed by atoms with Crippen molar-refractivity contribution in [1.82, 2.24) is 0 Å². The van der Waals surface area contributed by atoms with E-state index >= 15 is 0 Å². The first-order valence-corrected chi connectivity index (χ1v) is 9.46. The van der Waals surface area contributed by atoms with Gasteiger partial charge in [-0.1, -0.05) is 24.3 Å². The van der Waals surface area contributed by atoms with Crippen LogP contribution in [0.15, 0.2) is 57.7 Å². The lowest BCUT2D eigenvalue weighted by Gasteiger charge is -2.12. The highest BCUT2D eigenvalue weighted by Crippen LogP contribution is 2.38. The standard InChI is InChI=1S/C23H22N2O7/c1-12(26)18(23(28)32-5)19-14-8-6-7-9-15(14)21(24-19)25-22(27)13-10-16(29-2)20(31-4)17(11-13)30-3/h6-11,26H,1-5H3/b18-12-,25-21?. The van der Waals surface area contributed by atoms with Gasteiger partial charge in [0.2, 0.25) is 5.75 Å². The lowest BCUT2D eigenvalue weighted by Crippen LogP contribution is -2.16. The SMILES string of the molecule is COC(=O)/C(C1=NC(=NC(=O)c2cc(OC)c(OC)c(OC)c2)c2ccccc21)=C(/C)O. The molecule has 0 atom stereocenters. The highest BCUT2D eigenvalue weighted by Gasteiger charge is 2.30. The molecule has 9 heteroatoms. The zero-order chi connectivity index (χ0) is 23.4. The van der Waals surface area contributed by atoms with E-state index in [-0.39, 0.29) is 28.4 Å². The summed E-state index contributed by atoms with van der Waals surface area (Å²) >= 11 is 0. The fraction of sp³-hybridized carbons (Fsp3) is 0.217. The van der Waals surface area contributed by atoms with Crippen LogP contribution in [0, 0.1) is 0 Å². The van der Waals surface area contributed by atoms with Gasteiger partial charge < -0.3 is 24.1 Å². The topological polar surface area (TPSA) is 116 Å². The first-order chi connectivity index (χ1) is 15.4. The number of carbonyl (C=O) groups excluding carboxylic acids is 2. The normalized spacial score (nSPS) is 14.3. The van der Waals surface area contributed by atoms with Crippen LogP contribution < -0.4 is 14.2 Å². The van der Waals surface area contributed by atoms with Crippen LogP contribution in [-0.2, 0) is 9.53 Å². The van der Waals surface area contributed by atoms with Crippen LogP contribution in [0.25, 0.3) is 0 Å². The maximum Gasteiger partial charge on any atom is 0.343 e. The summed E-state index contributed by atoms with van der Waals surface area (Å²) in [6.45, 7) is 1.35. The van der Waals surface area contributed by atoms with E-state index in [0.29, 0.717) is 28.4 Å². The number of methoxy groups -OCH3 is 4. The summed E-state index contributed by atoms with van der Waals surface area (Å²) in [5.41, 5.74) is 1.33. The van der Waals surface area contributed by atoms with Crippen LogP contribution in [0.2, 0.25) is 0 Å². The van der Waals surface area contributed by atoms with Gasteiger partial charge in [-0.2, -0.15) is 4.99 Å². The molecule has 0 fully saturated rings. The summed E-state index contributed by atoms with van der Waals surface area (Å²) in [5, 5.41) is 10.1. The molecule has 166 valence electrons. The summed E-state index contributed by atoms with van der Waals surface area (Å²) in [5.74, 6) is -0.577. The zero-order valence-corrected chi connectivity index (χ0v) is 18.3. The van der Waals surface area contributed by atoms with Gasteiger partial charge in [-0.25, -0.2) is 9.79 Å². The van der Waals surface area contributed by atoms with Crippen molar-refractivity contribution in [3.8, 4) is 17.2 Å². The van der Waals surface area contributed by atoms with E-state index < -0.39 is 11.9 Å². The number of carbonyl (C=O) groups is 2. The quantitative estimate of drug-likeness (QED) is 0.418. The lowest BCUT2D eigenvalue weighted by molar-refractivity contribution is -0.135. The van der Waals surface area contributed by atoms with Gasteiger partial charge in [-0.15, -0.1) is 0 Å². The van der Waals surface area contributed by atoms with Crippen LogP contribution in [0.1, 0.15) is 28.4 Å². The molecule has 0 saturated carbocycles. The van der Waals surface area contributed by atoms with Crippen molar-refractivity contribution < 1.29 is 33.6 Å². The van der Waals surface area contributed by atoms with E-state index in [1.54, 1.807) is 24.3 Å². The monoisotopic (exact) mass is 438 g/mol. The van der Waals surface area contributed by atoms with Gasteiger partial charge in [0.25, 0.3) is 5.91 Å². The molecule has 1 amide bonds. The molecule has 0 aromatic heterocycles. The number of amides is 1. The van der Waals surface area contributed by atoms with E-state index in [0.717, 1.165) is 0 Å². The van der Waals surface area contributed by atoms with Gasteiger partial charge in [0.05, 0.1) is 34.2 Å². The molecule has 2 aromatic rings. The first kappa shape index (κ1) is 22.5. The van der Waals surface area contributed by atoms with Gasteiger partial charge in [-0.3, -0.25) is 4.79 Å². The minimum absolute atomic E-state index is 0.0944. The van der Waals surface area contributed by atoms with Gasteiger partial charge in [0.1, 0.15) is 11.3 Å². The Bertz CT molecular complexity index is 1150. The molecule has 0 bridgehead atoms. The number of hydrogen-bond acceptors (Lipinski definition) is 7. The summed E-state index contributed by atoms with van der Waals surface area (Å²) in [7, 11) is 5.55. The Balaban J connectivity index is 2.13. The van der Waals surface area contributed by atoms with Crippen molar-refractivity contribution in [3.63, 3.8) is 0 Å². The lowest BCUT2D eigenvalue weighted by atomic mass is 9.99. The molecule has 0 radical (unpaired) electrons. The second-order valence-corrected chi connectivity index (χ2v) is 6.61. The molecule has 9 nitrogen and oxygen atoms in total. The molecule has 2 aromatic carbocycles. The number of fused-ring (bicyclic) bond motifs is 1. The predicted octanol–water partition coefficient (Wildman–Crippen LogP) is 3.11. The molecule has 32 heavy (non-hydrogen) atoms. The number of aliphatic imine (C=N–C) groups is 2. The van der Waals surface area contributed by atoms with Crippen molar-refractivity contribution in [1.29, 1.82) is 0 Å². The van der Waals surface area contributed by atoms with Gasteiger partial charge >= 0.3 is 5.97 Å². The molecule has 1 aliphatic rings. The molecule has 0 saturated heterocycles. The number of aliphatic hydroxyl groups excluding tert-OH is 1. The number of aliphatic hydroxyl groups is 1. The molecule has 0 aliphatic carbocycles. The number of hydrogen-bond donors (Lipinski definition) is 1. The van der Waals surface area contributed by atoms with Gasteiger partial charge in [0, 0.05) is 16.7 Å². The summed E-state index contributed by atoms with van der Waals surface area (Å²) in [6.07, 6.45) is 0. The summed E-state index contributed by atoms with van der Waals surface area (Å²) in [4.78, 5) is 33.7. The Kier molecular flexibility index (Phi) is 6.58. The zero-order valence-electron chi connectivity index (χ0n) is 18.3.